The van der Waals surface area contributed by atoms with Gasteiger partial charge >= 0.3 is 6.18 Å². The average molecular weight is 384 g/mol. The highest BCUT2D eigenvalue weighted by atomic mass is 19.4. The number of carbonyl (C=O) groups excluding carboxylic acids is 1. The Labute approximate surface area is 158 Å². The number of carbonyl (C=O) groups is 1. The zero-order valence-corrected chi connectivity index (χ0v) is 14.7. The molecule has 3 rings (SSSR count). The van der Waals surface area contributed by atoms with E-state index in [4.69, 9.17) is 5.41 Å². The third-order valence-electron chi connectivity index (χ3n) is 3.92. The van der Waals surface area contributed by atoms with Gasteiger partial charge in [-0.15, -0.1) is 0 Å². The number of hydrogen-bond acceptors (Lipinski definition) is 5. The number of pyridine rings is 2. The van der Waals surface area contributed by atoms with E-state index in [0.717, 1.165) is 12.3 Å². The van der Waals surface area contributed by atoms with Crippen LogP contribution in [0.3, 0.4) is 0 Å². The highest BCUT2D eigenvalue weighted by Gasteiger charge is 2.32. The first kappa shape index (κ1) is 19.2. The first-order chi connectivity index (χ1) is 13.3. The van der Waals surface area contributed by atoms with E-state index in [2.05, 4.69) is 15.3 Å². The zero-order chi connectivity index (χ0) is 20.3. The number of benzene rings is 1. The molecule has 0 aliphatic carbocycles. The van der Waals surface area contributed by atoms with E-state index in [1.165, 1.54) is 19.1 Å². The molecular weight excluding hydrogens is 369 g/mol. The molecule has 2 N–H and O–H groups in total. The Morgan fingerprint density at radius 3 is 2.50 bits per heavy atom. The number of alkyl halides is 3. The number of ketones is 1. The molecule has 5 nitrogen and oxygen atoms in total. The Morgan fingerprint density at radius 1 is 1.07 bits per heavy atom. The molecule has 0 fully saturated rings. The van der Waals surface area contributed by atoms with Crippen molar-refractivity contribution >= 4 is 23.5 Å². The summed E-state index contributed by atoms with van der Waals surface area (Å²) in [6, 6.07) is 13.6. The van der Waals surface area contributed by atoms with E-state index < -0.39 is 11.9 Å². The minimum atomic E-state index is -4.55. The molecule has 0 aliphatic rings. The summed E-state index contributed by atoms with van der Waals surface area (Å²) in [5, 5.41) is 10.4. The van der Waals surface area contributed by atoms with Crippen LogP contribution in [0.25, 0.3) is 11.3 Å². The Bertz CT molecular complexity index is 1050. The van der Waals surface area contributed by atoms with Crippen molar-refractivity contribution in [1.82, 2.24) is 9.97 Å². The molecule has 0 atom stereocenters. The van der Waals surface area contributed by atoms with Crippen LogP contribution in [-0.2, 0) is 6.18 Å². The summed E-state index contributed by atoms with van der Waals surface area (Å²) >= 11 is 0. The molecule has 28 heavy (non-hydrogen) atoms. The molecule has 0 aliphatic heterocycles. The van der Waals surface area contributed by atoms with Crippen LogP contribution in [-0.4, -0.2) is 22.0 Å². The predicted molar refractivity (Wildman–Crippen MR) is 100 cm³/mol. The molecule has 2 aromatic heterocycles. The maximum Gasteiger partial charge on any atom is 0.433 e. The van der Waals surface area contributed by atoms with Gasteiger partial charge in [0.25, 0.3) is 0 Å². The molecule has 0 radical (unpaired) electrons. The van der Waals surface area contributed by atoms with Crippen LogP contribution in [0.1, 0.15) is 28.7 Å². The Hall–Kier alpha value is -3.55. The summed E-state index contributed by atoms with van der Waals surface area (Å²) in [4.78, 5) is 19.4. The molecule has 3 aromatic rings. The number of nitrogens with one attached hydrogen (secondary N) is 2. The van der Waals surface area contributed by atoms with E-state index in [1.54, 1.807) is 36.4 Å². The standard InChI is InChI=1S/C20H15F3N4O/c1-12(28)15-4-2-5-16(25-15)13-8-9-14(11-24)17(10-13)26-19-7-3-6-18(27-19)20(21,22)23/h2-11,24H,1H3,(H,26,27). The van der Waals surface area contributed by atoms with Gasteiger partial charge in [-0.3, -0.25) is 4.79 Å². The normalized spacial score (nSPS) is 11.1. The monoisotopic (exact) mass is 384 g/mol. The van der Waals surface area contributed by atoms with Crippen LogP contribution in [0.2, 0.25) is 0 Å². The van der Waals surface area contributed by atoms with Crippen molar-refractivity contribution in [3.63, 3.8) is 0 Å². The van der Waals surface area contributed by atoms with Crippen LogP contribution < -0.4 is 5.32 Å². The number of anilines is 2. The average Bonchev–Trinajstić information content (AvgIpc) is 2.67. The number of nitrogens with zero attached hydrogens (tertiary/aromatic N) is 2. The molecule has 0 bridgehead atoms. The van der Waals surface area contributed by atoms with Gasteiger partial charge in [0.2, 0.25) is 0 Å². The van der Waals surface area contributed by atoms with E-state index >= 15 is 0 Å². The van der Waals surface area contributed by atoms with E-state index in [1.807, 2.05) is 0 Å². The topological polar surface area (TPSA) is 78.7 Å². The summed E-state index contributed by atoms with van der Waals surface area (Å²) in [6.45, 7) is 1.41. The minimum Gasteiger partial charge on any atom is -0.340 e. The number of hydrogen-bond donors (Lipinski definition) is 2. The lowest BCUT2D eigenvalue weighted by Gasteiger charge is -2.13. The second-order valence-corrected chi connectivity index (χ2v) is 5.94. The van der Waals surface area contributed by atoms with Gasteiger partial charge < -0.3 is 10.7 Å². The SMILES string of the molecule is CC(=O)c1cccc(-c2ccc(C=N)c(Nc3cccc(C(F)(F)F)n3)c2)n1. The van der Waals surface area contributed by atoms with Gasteiger partial charge in [-0.2, -0.15) is 13.2 Å². The molecule has 8 heteroatoms. The fourth-order valence-electron chi connectivity index (χ4n) is 2.54. The Morgan fingerprint density at radius 2 is 1.82 bits per heavy atom. The predicted octanol–water partition coefficient (Wildman–Crippen LogP) is 5.11. The van der Waals surface area contributed by atoms with E-state index in [0.29, 0.717) is 28.2 Å². The highest BCUT2D eigenvalue weighted by Crippen LogP contribution is 2.30. The second kappa shape index (κ2) is 7.59. The maximum atomic E-state index is 12.9. The van der Waals surface area contributed by atoms with Crippen LogP contribution >= 0.6 is 0 Å². The van der Waals surface area contributed by atoms with Crippen LogP contribution in [0.15, 0.2) is 54.6 Å². The van der Waals surface area contributed by atoms with Gasteiger partial charge in [-0.05, 0) is 30.3 Å². The molecule has 0 unspecified atom stereocenters. The Balaban J connectivity index is 2.00. The third-order valence-corrected chi connectivity index (χ3v) is 3.92. The molecule has 142 valence electrons. The summed E-state index contributed by atoms with van der Waals surface area (Å²) < 4.78 is 38.6. The molecular formula is C20H15F3N4O. The number of Topliss-reactive ketones (excluding diaryl/α,β-unsaturated/α-hetero) is 1. The summed E-state index contributed by atoms with van der Waals surface area (Å²) in [6.07, 6.45) is -3.47. The van der Waals surface area contributed by atoms with Gasteiger partial charge in [0.1, 0.15) is 17.2 Å². The fraction of sp³-hybridized carbons (Fsp3) is 0.100. The lowest BCUT2D eigenvalue weighted by molar-refractivity contribution is -0.141. The van der Waals surface area contributed by atoms with Gasteiger partial charge in [-0.25, -0.2) is 9.97 Å². The van der Waals surface area contributed by atoms with Gasteiger partial charge in [-0.1, -0.05) is 24.3 Å². The van der Waals surface area contributed by atoms with Crippen LogP contribution in [0.4, 0.5) is 24.7 Å². The maximum absolute atomic E-state index is 12.9. The molecule has 0 saturated heterocycles. The number of rotatable bonds is 5. The van der Waals surface area contributed by atoms with Gasteiger partial charge in [0, 0.05) is 30.0 Å². The van der Waals surface area contributed by atoms with Crippen LogP contribution in [0, 0.1) is 5.41 Å². The summed E-state index contributed by atoms with van der Waals surface area (Å²) in [5.41, 5.74) is 1.33. The number of aromatic nitrogens is 2. The van der Waals surface area contributed by atoms with E-state index in [-0.39, 0.29) is 11.6 Å². The first-order valence-corrected chi connectivity index (χ1v) is 8.22. The van der Waals surface area contributed by atoms with Crippen molar-refractivity contribution < 1.29 is 18.0 Å². The van der Waals surface area contributed by atoms with Gasteiger partial charge in [0.05, 0.1) is 5.69 Å². The first-order valence-electron chi connectivity index (χ1n) is 8.22. The number of halogens is 3. The molecule has 0 spiro atoms. The van der Waals surface area contributed by atoms with Crippen LogP contribution in [0.5, 0.6) is 0 Å². The molecule has 2 heterocycles. The van der Waals surface area contributed by atoms with Gasteiger partial charge in [0.15, 0.2) is 5.78 Å². The third kappa shape index (κ3) is 4.22. The molecule has 1 aromatic carbocycles. The van der Waals surface area contributed by atoms with Crippen molar-refractivity contribution in [2.75, 3.05) is 5.32 Å². The minimum absolute atomic E-state index is 0.000482. The highest BCUT2D eigenvalue weighted by molar-refractivity contribution is 5.93. The quantitative estimate of drug-likeness (QED) is 0.473. The zero-order valence-electron chi connectivity index (χ0n) is 14.7. The smallest absolute Gasteiger partial charge is 0.340 e. The molecule has 0 amide bonds. The van der Waals surface area contributed by atoms with Crippen molar-refractivity contribution in [3.8, 4) is 11.3 Å². The fourth-order valence-corrected chi connectivity index (χ4v) is 2.54. The lowest BCUT2D eigenvalue weighted by Crippen LogP contribution is -2.09. The summed E-state index contributed by atoms with van der Waals surface area (Å²) in [5.74, 6) is -0.176. The van der Waals surface area contributed by atoms with Crippen molar-refractivity contribution in [2.24, 2.45) is 0 Å². The Kier molecular flexibility index (Phi) is 5.21. The summed E-state index contributed by atoms with van der Waals surface area (Å²) in [7, 11) is 0. The second-order valence-electron chi connectivity index (χ2n) is 5.94. The van der Waals surface area contributed by atoms with Crippen molar-refractivity contribution in [3.05, 3.63) is 71.5 Å². The largest absolute Gasteiger partial charge is 0.433 e. The van der Waals surface area contributed by atoms with Crippen molar-refractivity contribution in [2.45, 2.75) is 13.1 Å². The lowest BCUT2D eigenvalue weighted by atomic mass is 10.1. The molecule has 0 saturated carbocycles. The van der Waals surface area contributed by atoms with E-state index in [9.17, 15) is 18.0 Å². The van der Waals surface area contributed by atoms with Crippen molar-refractivity contribution in [1.29, 1.82) is 5.41 Å².